The van der Waals surface area contributed by atoms with Crippen molar-refractivity contribution in [3.63, 3.8) is 0 Å². The molecule has 0 amide bonds. The highest BCUT2D eigenvalue weighted by molar-refractivity contribution is 6.74. The van der Waals surface area contributed by atoms with E-state index >= 15 is 0 Å². The van der Waals surface area contributed by atoms with Crippen molar-refractivity contribution in [1.82, 2.24) is 0 Å². The Labute approximate surface area is 119 Å². The molecule has 0 aliphatic carbocycles. The number of aliphatic hydroxyl groups excluding tert-OH is 1. The molecule has 0 radical (unpaired) electrons. The molecule has 1 unspecified atom stereocenters. The molecule has 0 aromatic heterocycles. The van der Waals surface area contributed by atoms with Crippen LogP contribution in [0.1, 0.15) is 48.0 Å². The van der Waals surface area contributed by atoms with E-state index in [2.05, 4.69) is 33.9 Å². The van der Waals surface area contributed by atoms with E-state index in [0.29, 0.717) is 6.42 Å². The highest BCUT2D eigenvalue weighted by Crippen LogP contribution is 2.39. The van der Waals surface area contributed by atoms with Crippen LogP contribution in [0.25, 0.3) is 0 Å². The molecule has 0 aromatic rings. The molecule has 0 aromatic carbocycles. The maximum atomic E-state index is 10.6. The van der Waals surface area contributed by atoms with Crippen LogP contribution >= 0.6 is 0 Å². The van der Waals surface area contributed by atoms with Gasteiger partial charge in [-0.2, -0.15) is 0 Å². The lowest BCUT2D eigenvalue weighted by molar-refractivity contribution is -0.135. The van der Waals surface area contributed by atoms with Gasteiger partial charge in [0.05, 0.1) is 12.2 Å². The second kappa shape index (κ2) is 6.22. The quantitative estimate of drug-likeness (QED) is 0.656. The third-order valence-electron chi connectivity index (χ3n) is 4.34. The summed E-state index contributed by atoms with van der Waals surface area (Å²) in [5.41, 5.74) is 4.66. The Hall–Kier alpha value is 0.0569. The maximum Gasteiger partial charge on any atom is 0.192 e. The summed E-state index contributed by atoms with van der Waals surface area (Å²) >= 11 is 0. The van der Waals surface area contributed by atoms with Gasteiger partial charge in [0.2, 0.25) is 0 Å². The highest BCUT2D eigenvalue weighted by Gasteiger charge is 2.47. The zero-order chi connectivity index (χ0) is 15.6. The topological polar surface area (TPSA) is 75.7 Å². The van der Waals surface area contributed by atoms with E-state index in [1.165, 1.54) is 0 Å². The van der Waals surface area contributed by atoms with Gasteiger partial charge in [-0.25, -0.2) is 0 Å². The zero-order valence-electron chi connectivity index (χ0n) is 13.8. The van der Waals surface area contributed by atoms with Crippen molar-refractivity contribution in [3.05, 3.63) is 0 Å². The van der Waals surface area contributed by atoms with E-state index in [4.69, 9.17) is 10.2 Å². The lowest BCUT2D eigenvalue weighted by Crippen LogP contribution is -2.61. The fourth-order valence-corrected chi connectivity index (χ4v) is 3.30. The average Bonchev–Trinajstić information content (AvgIpc) is 2.22. The Morgan fingerprint density at radius 1 is 1.21 bits per heavy atom. The minimum Gasteiger partial charge on any atom is -0.409 e. The van der Waals surface area contributed by atoms with Gasteiger partial charge < -0.3 is 20.4 Å². The van der Waals surface area contributed by atoms with Crippen LogP contribution in [0.5, 0.6) is 0 Å². The summed E-state index contributed by atoms with van der Waals surface area (Å²) in [6, 6.07) is -0.342. The molecule has 4 nitrogen and oxygen atoms in total. The molecule has 0 aliphatic rings. The van der Waals surface area contributed by atoms with Crippen LogP contribution in [0, 0.1) is 0 Å². The lowest BCUT2D eigenvalue weighted by Gasteiger charge is -2.46. The smallest absolute Gasteiger partial charge is 0.192 e. The van der Waals surface area contributed by atoms with Gasteiger partial charge in [0, 0.05) is 6.04 Å². The molecule has 4 N–H and O–H groups in total. The lowest BCUT2D eigenvalue weighted by atomic mass is 9.87. The summed E-state index contributed by atoms with van der Waals surface area (Å²) in [7, 11) is -2.05. The van der Waals surface area contributed by atoms with Crippen molar-refractivity contribution in [2.75, 3.05) is 0 Å². The Kier molecular flexibility index (Phi) is 6.24. The monoisotopic (exact) mass is 291 g/mol. The van der Waals surface area contributed by atoms with E-state index < -0.39 is 26.1 Å². The van der Waals surface area contributed by atoms with Gasteiger partial charge in [-0.05, 0) is 38.4 Å². The van der Waals surface area contributed by atoms with E-state index in [-0.39, 0.29) is 11.1 Å². The largest absolute Gasteiger partial charge is 0.409 e. The van der Waals surface area contributed by atoms with Crippen molar-refractivity contribution < 1.29 is 14.6 Å². The van der Waals surface area contributed by atoms with Gasteiger partial charge in [0.15, 0.2) is 8.32 Å². The first-order chi connectivity index (χ1) is 8.27. The molecule has 0 saturated heterocycles. The van der Waals surface area contributed by atoms with Crippen LogP contribution in [0.15, 0.2) is 0 Å². The number of nitrogens with two attached hydrogens (primary N) is 1. The Balaban J connectivity index is 5.27. The van der Waals surface area contributed by atoms with Crippen LogP contribution in [-0.4, -0.2) is 42.4 Å². The first-order valence-electron chi connectivity index (χ1n) is 7.11. The maximum absolute atomic E-state index is 10.6. The first kappa shape index (κ1) is 19.1. The Morgan fingerprint density at radius 3 is 1.89 bits per heavy atom. The predicted molar refractivity (Wildman–Crippen MR) is 82.6 cm³/mol. The van der Waals surface area contributed by atoms with E-state index in [1.54, 1.807) is 6.92 Å². The number of hydrogen-bond acceptors (Lipinski definition) is 4. The van der Waals surface area contributed by atoms with Gasteiger partial charge >= 0.3 is 0 Å². The van der Waals surface area contributed by atoms with Gasteiger partial charge in [-0.15, -0.1) is 0 Å². The predicted octanol–water partition coefficient (Wildman–Crippen LogP) is 2.25. The fraction of sp³-hybridized carbons (Fsp3) is 1.00. The van der Waals surface area contributed by atoms with Crippen molar-refractivity contribution in [3.8, 4) is 0 Å². The Morgan fingerprint density at radius 2 is 1.63 bits per heavy atom. The molecule has 5 heteroatoms. The molecule has 0 bridgehead atoms. The number of rotatable bonds is 6. The third-order valence-corrected chi connectivity index (χ3v) is 8.80. The van der Waals surface area contributed by atoms with Crippen molar-refractivity contribution >= 4 is 8.32 Å². The van der Waals surface area contributed by atoms with Crippen LogP contribution in [0.2, 0.25) is 18.1 Å². The van der Waals surface area contributed by atoms with Crippen molar-refractivity contribution in [2.45, 2.75) is 89.9 Å². The fourth-order valence-electron chi connectivity index (χ4n) is 1.86. The molecule has 19 heavy (non-hydrogen) atoms. The number of aliphatic hydroxyl groups is 2. The third kappa shape index (κ3) is 4.53. The molecule has 0 fully saturated rings. The highest BCUT2D eigenvalue weighted by atomic mass is 28.4. The van der Waals surface area contributed by atoms with Crippen molar-refractivity contribution in [1.29, 1.82) is 0 Å². The molecule has 4 atom stereocenters. The van der Waals surface area contributed by atoms with Crippen LogP contribution < -0.4 is 5.73 Å². The molecule has 0 heterocycles. The molecule has 0 spiro atoms. The summed E-state index contributed by atoms with van der Waals surface area (Å²) in [6.07, 6.45) is -0.937. The molecule has 0 rings (SSSR count). The standard InChI is InChI=1S/C14H33NO3Si/c1-9-11(16)14(6,17)12(10(2)15)18-19(7,8)13(3,4)5/h10-12,16-17H,9,15H2,1-8H3/t10-,11-,12?,14-/m1/s1. The second-order valence-corrected chi connectivity index (χ2v) is 12.1. The van der Waals surface area contributed by atoms with Crippen LogP contribution in [-0.2, 0) is 4.43 Å². The van der Waals surface area contributed by atoms with Gasteiger partial charge in [-0.1, -0.05) is 27.7 Å². The first-order valence-corrected chi connectivity index (χ1v) is 10.0. The van der Waals surface area contributed by atoms with Crippen molar-refractivity contribution in [2.24, 2.45) is 5.73 Å². The summed E-state index contributed by atoms with van der Waals surface area (Å²) in [4.78, 5) is 0. The molecular formula is C14H33NO3Si. The van der Waals surface area contributed by atoms with Gasteiger partial charge in [0.1, 0.15) is 5.60 Å². The molecular weight excluding hydrogens is 258 g/mol. The summed E-state index contributed by atoms with van der Waals surface area (Å²) < 4.78 is 6.26. The minimum atomic E-state index is -2.05. The normalized spacial score (nSPS) is 21.6. The van der Waals surface area contributed by atoms with E-state index in [0.717, 1.165) is 0 Å². The SMILES string of the molecule is CC[C@@H](O)[C@@](C)(O)C(O[Si](C)(C)C(C)(C)C)[C@@H](C)N. The Bertz CT molecular complexity index is 285. The van der Waals surface area contributed by atoms with E-state index in [9.17, 15) is 10.2 Å². The van der Waals surface area contributed by atoms with Gasteiger partial charge in [0.25, 0.3) is 0 Å². The summed E-state index contributed by atoms with van der Waals surface area (Å²) in [6.45, 7) is 15.9. The average molecular weight is 292 g/mol. The van der Waals surface area contributed by atoms with Crippen LogP contribution in [0.3, 0.4) is 0 Å². The molecule has 116 valence electrons. The van der Waals surface area contributed by atoms with Crippen LogP contribution in [0.4, 0.5) is 0 Å². The second-order valence-electron chi connectivity index (χ2n) is 7.31. The zero-order valence-corrected chi connectivity index (χ0v) is 14.8. The van der Waals surface area contributed by atoms with E-state index in [1.807, 2.05) is 13.8 Å². The minimum absolute atomic E-state index is 0.0351. The molecule has 0 saturated carbocycles. The molecule has 0 aliphatic heterocycles. The number of hydrogen-bond donors (Lipinski definition) is 3. The summed E-state index contributed by atoms with van der Waals surface area (Å²) in [5.74, 6) is 0. The van der Waals surface area contributed by atoms with Gasteiger partial charge in [-0.3, -0.25) is 0 Å². The summed E-state index contributed by atoms with van der Waals surface area (Å²) in [5, 5.41) is 20.7.